The molecule has 0 amide bonds. The van der Waals surface area contributed by atoms with Gasteiger partial charge in [0.2, 0.25) is 0 Å². The predicted octanol–water partition coefficient (Wildman–Crippen LogP) is 4.93. The highest BCUT2D eigenvalue weighted by atomic mass is 16.5. The number of benzene rings is 2. The van der Waals surface area contributed by atoms with Gasteiger partial charge in [0.05, 0.1) is 18.1 Å². The molecule has 0 aliphatic rings. The summed E-state index contributed by atoms with van der Waals surface area (Å²) in [4.78, 5) is 8.58. The van der Waals surface area contributed by atoms with Crippen LogP contribution in [0.2, 0.25) is 0 Å². The van der Waals surface area contributed by atoms with E-state index >= 15 is 0 Å². The Morgan fingerprint density at radius 3 is 2.47 bits per heavy atom. The Kier molecular flexibility index (Phi) is 4.98. The van der Waals surface area contributed by atoms with E-state index in [1.54, 1.807) is 25.3 Å². The van der Waals surface area contributed by atoms with Crippen LogP contribution >= 0.6 is 0 Å². The standard InChI is InChI=1S/C23H21N5O2/c1-14(2)28-12-19(21-22(25)26-13-27-23(21)28)15-4-6-17(7-5-15)30-20-9-8-18(29-3)10-16(20)11-24/h4-10,12-14H,1-3H3,(H2,25,26,27). The molecule has 7 nitrogen and oxygen atoms in total. The molecule has 2 heterocycles. The first-order chi connectivity index (χ1) is 14.5. The fraction of sp³-hybridized carbons (Fsp3) is 0.174. The van der Waals surface area contributed by atoms with Crippen molar-refractivity contribution < 1.29 is 9.47 Å². The smallest absolute Gasteiger partial charge is 0.146 e. The number of rotatable bonds is 5. The van der Waals surface area contributed by atoms with Crippen molar-refractivity contribution in [2.75, 3.05) is 12.8 Å². The van der Waals surface area contributed by atoms with Gasteiger partial charge in [-0.1, -0.05) is 12.1 Å². The number of ether oxygens (including phenoxy) is 2. The molecule has 0 aliphatic heterocycles. The second-order valence-electron chi connectivity index (χ2n) is 7.10. The van der Waals surface area contributed by atoms with Gasteiger partial charge in [-0.3, -0.25) is 0 Å². The first kappa shape index (κ1) is 19.3. The van der Waals surface area contributed by atoms with Gasteiger partial charge in [-0.2, -0.15) is 5.26 Å². The van der Waals surface area contributed by atoms with Crippen LogP contribution in [-0.4, -0.2) is 21.6 Å². The zero-order chi connectivity index (χ0) is 21.3. The molecule has 0 spiro atoms. The van der Waals surface area contributed by atoms with E-state index in [-0.39, 0.29) is 6.04 Å². The van der Waals surface area contributed by atoms with Crippen molar-refractivity contribution in [3.05, 3.63) is 60.6 Å². The molecule has 0 atom stereocenters. The molecule has 0 saturated carbocycles. The number of anilines is 1. The molecule has 4 aromatic rings. The molecule has 2 N–H and O–H groups in total. The van der Waals surface area contributed by atoms with Crippen LogP contribution in [0.25, 0.3) is 22.2 Å². The predicted molar refractivity (Wildman–Crippen MR) is 116 cm³/mol. The maximum atomic E-state index is 9.37. The number of hydrogen-bond donors (Lipinski definition) is 1. The van der Waals surface area contributed by atoms with Crippen molar-refractivity contribution in [3.8, 4) is 34.4 Å². The maximum absolute atomic E-state index is 9.37. The Bertz CT molecular complexity index is 1250. The molecule has 30 heavy (non-hydrogen) atoms. The van der Waals surface area contributed by atoms with E-state index in [1.165, 1.54) is 6.33 Å². The van der Waals surface area contributed by atoms with Gasteiger partial charge in [-0.25, -0.2) is 9.97 Å². The van der Waals surface area contributed by atoms with E-state index in [9.17, 15) is 5.26 Å². The lowest BCUT2D eigenvalue weighted by atomic mass is 10.1. The summed E-state index contributed by atoms with van der Waals surface area (Å²) in [6.07, 6.45) is 3.53. The van der Waals surface area contributed by atoms with Crippen LogP contribution < -0.4 is 15.2 Å². The summed E-state index contributed by atoms with van der Waals surface area (Å²) in [5.41, 5.74) is 9.32. The van der Waals surface area contributed by atoms with Gasteiger partial charge in [0.1, 0.15) is 41.1 Å². The molecule has 4 rings (SSSR count). The van der Waals surface area contributed by atoms with Gasteiger partial charge < -0.3 is 19.8 Å². The number of nitrogen functional groups attached to an aromatic ring is 1. The fourth-order valence-electron chi connectivity index (χ4n) is 3.36. The van der Waals surface area contributed by atoms with Crippen molar-refractivity contribution in [1.29, 1.82) is 5.26 Å². The van der Waals surface area contributed by atoms with E-state index in [0.717, 1.165) is 22.2 Å². The van der Waals surface area contributed by atoms with Crippen LogP contribution in [0.15, 0.2) is 55.0 Å². The minimum Gasteiger partial charge on any atom is -0.497 e. The van der Waals surface area contributed by atoms with Crippen molar-refractivity contribution in [1.82, 2.24) is 14.5 Å². The minimum atomic E-state index is 0.234. The zero-order valence-corrected chi connectivity index (χ0v) is 17.0. The van der Waals surface area contributed by atoms with E-state index < -0.39 is 0 Å². The zero-order valence-electron chi connectivity index (χ0n) is 17.0. The van der Waals surface area contributed by atoms with E-state index in [2.05, 4.69) is 34.5 Å². The van der Waals surface area contributed by atoms with Crippen LogP contribution in [0.3, 0.4) is 0 Å². The molecule has 150 valence electrons. The Labute approximate surface area is 174 Å². The highest BCUT2D eigenvalue weighted by Crippen LogP contribution is 2.35. The van der Waals surface area contributed by atoms with Gasteiger partial charge in [-0.15, -0.1) is 0 Å². The summed E-state index contributed by atoms with van der Waals surface area (Å²) in [5, 5.41) is 10.2. The first-order valence-corrected chi connectivity index (χ1v) is 9.49. The Hall–Kier alpha value is -4.05. The SMILES string of the molecule is COc1ccc(Oc2ccc(-c3cn(C(C)C)c4ncnc(N)c34)cc2)c(C#N)c1. The maximum Gasteiger partial charge on any atom is 0.146 e. The minimum absolute atomic E-state index is 0.234. The monoisotopic (exact) mass is 399 g/mol. The molecular weight excluding hydrogens is 378 g/mol. The number of methoxy groups -OCH3 is 1. The van der Waals surface area contributed by atoms with E-state index in [4.69, 9.17) is 15.2 Å². The summed E-state index contributed by atoms with van der Waals surface area (Å²) in [7, 11) is 1.56. The van der Waals surface area contributed by atoms with Gasteiger partial charge in [0.15, 0.2) is 0 Å². The largest absolute Gasteiger partial charge is 0.497 e. The van der Waals surface area contributed by atoms with Gasteiger partial charge in [-0.05, 0) is 43.7 Å². The third-order valence-electron chi connectivity index (χ3n) is 4.90. The molecule has 2 aromatic heterocycles. The average Bonchev–Trinajstić information content (AvgIpc) is 3.16. The molecular formula is C23H21N5O2. The van der Waals surface area contributed by atoms with Crippen LogP contribution in [0.1, 0.15) is 25.5 Å². The van der Waals surface area contributed by atoms with Gasteiger partial charge >= 0.3 is 0 Å². The summed E-state index contributed by atoms with van der Waals surface area (Å²) >= 11 is 0. The van der Waals surface area contributed by atoms with Crippen molar-refractivity contribution in [2.24, 2.45) is 0 Å². The molecule has 0 bridgehead atoms. The van der Waals surface area contributed by atoms with Crippen molar-refractivity contribution in [2.45, 2.75) is 19.9 Å². The lowest BCUT2D eigenvalue weighted by Crippen LogP contribution is -2.00. The summed E-state index contributed by atoms with van der Waals surface area (Å²) in [6, 6.07) is 15.1. The molecule has 0 saturated heterocycles. The fourth-order valence-corrected chi connectivity index (χ4v) is 3.36. The van der Waals surface area contributed by atoms with Crippen LogP contribution in [0, 0.1) is 11.3 Å². The molecule has 0 unspecified atom stereocenters. The lowest BCUT2D eigenvalue weighted by molar-refractivity contribution is 0.412. The molecule has 0 aliphatic carbocycles. The van der Waals surface area contributed by atoms with Crippen molar-refractivity contribution >= 4 is 16.9 Å². The normalized spacial score (nSPS) is 10.9. The van der Waals surface area contributed by atoms with Crippen molar-refractivity contribution in [3.63, 3.8) is 0 Å². The first-order valence-electron chi connectivity index (χ1n) is 9.49. The van der Waals surface area contributed by atoms with Gasteiger partial charge in [0.25, 0.3) is 0 Å². The third kappa shape index (κ3) is 3.40. The summed E-state index contributed by atoms with van der Waals surface area (Å²) in [5.74, 6) is 2.15. The number of nitriles is 1. The Balaban J connectivity index is 1.69. The Morgan fingerprint density at radius 2 is 1.80 bits per heavy atom. The van der Waals surface area contributed by atoms with Crippen LogP contribution in [0.5, 0.6) is 17.2 Å². The molecule has 0 radical (unpaired) electrons. The molecule has 0 fully saturated rings. The van der Waals surface area contributed by atoms with Gasteiger partial charge in [0, 0.05) is 23.9 Å². The number of hydrogen-bond acceptors (Lipinski definition) is 6. The van der Waals surface area contributed by atoms with E-state index in [1.807, 2.05) is 30.5 Å². The average molecular weight is 399 g/mol. The quantitative estimate of drug-likeness (QED) is 0.511. The highest BCUT2D eigenvalue weighted by molar-refractivity contribution is 6.00. The number of fused-ring (bicyclic) bond motifs is 1. The summed E-state index contributed by atoms with van der Waals surface area (Å²) in [6.45, 7) is 4.19. The third-order valence-corrected chi connectivity index (χ3v) is 4.90. The second-order valence-corrected chi connectivity index (χ2v) is 7.10. The number of aromatic nitrogens is 3. The van der Waals surface area contributed by atoms with Crippen LogP contribution in [0.4, 0.5) is 5.82 Å². The van der Waals surface area contributed by atoms with Crippen LogP contribution in [-0.2, 0) is 0 Å². The van der Waals surface area contributed by atoms with E-state index in [0.29, 0.717) is 28.6 Å². The second kappa shape index (κ2) is 7.76. The lowest BCUT2D eigenvalue weighted by Gasteiger charge is -2.09. The highest BCUT2D eigenvalue weighted by Gasteiger charge is 2.16. The number of nitrogens with zero attached hydrogens (tertiary/aromatic N) is 4. The molecule has 2 aromatic carbocycles. The summed E-state index contributed by atoms with van der Waals surface area (Å²) < 4.78 is 13.2. The topological polar surface area (TPSA) is 99.0 Å². The Morgan fingerprint density at radius 1 is 1.07 bits per heavy atom. The number of nitrogens with two attached hydrogens (primary N) is 1. The molecule has 7 heteroatoms.